The van der Waals surface area contributed by atoms with Crippen LogP contribution in [0, 0.1) is 6.92 Å². The van der Waals surface area contributed by atoms with E-state index >= 15 is 0 Å². The highest BCUT2D eigenvalue weighted by molar-refractivity contribution is 5.98. The normalized spacial score (nSPS) is 15.9. The molecule has 1 aromatic heterocycles. The van der Waals surface area contributed by atoms with Crippen molar-refractivity contribution in [3.05, 3.63) is 83.7 Å². The molecule has 5 rings (SSSR count). The third kappa shape index (κ3) is 3.93. The number of anilines is 1. The molecule has 1 aliphatic heterocycles. The Morgan fingerprint density at radius 1 is 1.00 bits per heavy atom. The van der Waals surface area contributed by atoms with Crippen molar-refractivity contribution >= 4 is 22.6 Å². The number of hydrogen-bond donors (Lipinski definition) is 0. The largest absolute Gasteiger partial charge is 0.497 e. The smallest absolute Gasteiger partial charge is 0.227 e. The number of ether oxygens (including phenoxy) is 2. The van der Waals surface area contributed by atoms with E-state index in [0.29, 0.717) is 31.0 Å². The van der Waals surface area contributed by atoms with Crippen LogP contribution < -0.4 is 14.4 Å². The summed E-state index contributed by atoms with van der Waals surface area (Å²) in [6.45, 7) is 3.34. The molecule has 3 aromatic carbocycles. The van der Waals surface area contributed by atoms with Crippen molar-refractivity contribution in [1.29, 1.82) is 0 Å². The predicted molar refractivity (Wildman–Crippen MR) is 129 cm³/mol. The molecule has 168 valence electrons. The summed E-state index contributed by atoms with van der Waals surface area (Å²) in [6.07, 6.45) is 0.400. The number of rotatable bonds is 6. The first kappa shape index (κ1) is 21.1. The number of imidazole rings is 1. The van der Waals surface area contributed by atoms with Gasteiger partial charge < -0.3 is 18.9 Å². The Bertz CT molecular complexity index is 1310. The molecule has 1 aliphatic rings. The summed E-state index contributed by atoms with van der Waals surface area (Å²) in [5, 5.41) is 0. The number of hydrogen-bond acceptors (Lipinski definition) is 4. The highest BCUT2D eigenvalue weighted by atomic mass is 16.5. The zero-order valence-electron chi connectivity index (χ0n) is 19.1. The molecule has 1 atom stereocenters. The summed E-state index contributed by atoms with van der Waals surface area (Å²) in [5.74, 6) is 2.31. The summed E-state index contributed by atoms with van der Waals surface area (Å²) in [7, 11) is 3.23. The van der Waals surface area contributed by atoms with Gasteiger partial charge in [-0.25, -0.2) is 4.98 Å². The number of para-hydroxylation sites is 2. The van der Waals surface area contributed by atoms with Gasteiger partial charge in [0.05, 0.1) is 30.9 Å². The molecular weight excluding hydrogens is 414 g/mol. The van der Waals surface area contributed by atoms with Crippen molar-refractivity contribution in [3.8, 4) is 11.5 Å². The number of amides is 1. The zero-order chi connectivity index (χ0) is 22.9. The molecule has 0 aliphatic carbocycles. The van der Waals surface area contributed by atoms with E-state index in [4.69, 9.17) is 14.5 Å². The Morgan fingerprint density at radius 2 is 1.79 bits per heavy atom. The minimum absolute atomic E-state index is 0.0220. The SMILES string of the molecule is COc1ccc(OC)c(N2C[C@@H](c3nc4ccccc4n3Cc3ccc(C)cc3)CC2=O)c1. The van der Waals surface area contributed by atoms with Gasteiger partial charge in [0.2, 0.25) is 5.91 Å². The molecule has 0 N–H and O–H groups in total. The van der Waals surface area contributed by atoms with Crippen LogP contribution in [0.1, 0.15) is 29.3 Å². The maximum atomic E-state index is 13.1. The second-order valence-electron chi connectivity index (χ2n) is 8.47. The minimum atomic E-state index is -0.0220. The van der Waals surface area contributed by atoms with Crippen molar-refractivity contribution in [1.82, 2.24) is 9.55 Å². The van der Waals surface area contributed by atoms with Gasteiger partial charge >= 0.3 is 0 Å². The maximum Gasteiger partial charge on any atom is 0.227 e. The number of aryl methyl sites for hydroxylation is 1. The van der Waals surface area contributed by atoms with Crippen molar-refractivity contribution in [2.24, 2.45) is 0 Å². The third-order valence-electron chi connectivity index (χ3n) is 6.31. The zero-order valence-corrected chi connectivity index (χ0v) is 19.1. The van der Waals surface area contributed by atoms with E-state index < -0.39 is 0 Å². The monoisotopic (exact) mass is 441 g/mol. The fraction of sp³-hybridized carbons (Fsp3) is 0.259. The Balaban J connectivity index is 1.52. The second-order valence-corrected chi connectivity index (χ2v) is 8.47. The number of carbonyl (C=O) groups excluding carboxylic acids is 1. The molecule has 0 saturated carbocycles. The summed E-state index contributed by atoms with van der Waals surface area (Å²) in [5.41, 5.74) is 5.20. The van der Waals surface area contributed by atoms with Crippen LogP contribution in [0.25, 0.3) is 11.0 Å². The summed E-state index contributed by atoms with van der Waals surface area (Å²) >= 11 is 0. The summed E-state index contributed by atoms with van der Waals surface area (Å²) in [6, 6.07) is 22.3. The third-order valence-corrected chi connectivity index (χ3v) is 6.31. The molecule has 6 heteroatoms. The van der Waals surface area contributed by atoms with Crippen molar-refractivity contribution in [2.75, 3.05) is 25.7 Å². The van der Waals surface area contributed by atoms with Gasteiger partial charge in [0.15, 0.2) is 0 Å². The number of carbonyl (C=O) groups is 1. The lowest BCUT2D eigenvalue weighted by atomic mass is 10.1. The van der Waals surface area contributed by atoms with Gasteiger partial charge in [-0.1, -0.05) is 42.0 Å². The van der Waals surface area contributed by atoms with Gasteiger partial charge in [-0.3, -0.25) is 4.79 Å². The van der Waals surface area contributed by atoms with Gasteiger partial charge in [0, 0.05) is 31.5 Å². The highest BCUT2D eigenvalue weighted by Gasteiger charge is 2.36. The molecule has 0 unspecified atom stereocenters. The molecule has 1 saturated heterocycles. The van der Waals surface area contributed by atoms with Crippen LogP contribution in [0.15, 0.2) is 66.7 Å². The average Bonchev–Trinajstić information content (AvgIpc) is 3.40. The lowest BCUT2D eigenvalue weighted by Crippen LogP contribution is -2.25. The highest BCUT2D eigenvalue weighted by Crippen LogP contribution is 2.39. The summed E-state index contributed by atoms with van der Waals surface area (Å²) < 4.78 is 13.2. The van der Waals surface area contributed by atoms with E-state index in [1.165, 1.54) is 11.1 Å². The van der Waals surface area contributed by atoms with E-state index in [1.54, 1.807) is 19.1 Å². The molecule has 2 heterocycles. The van der Waals surface area contributed by atoms with Gasteiger partial charge in [0.1, 0.15) is 17.3 Å². The minimum Gasteiger partial charge on any atom is -0.497 e. The lowest BCUT2D eigenvalue weighted by Gasteiger charge is -2.20. The van der Waals surface area contributed by atoms with Gasteiger partial charge in [-0.15, -0.1) is 0 Å². The van der Waals surface area contributed by atoms with Gasteiger partial charge in [-0.05, 0) is 36.8 Å². The quantitative estimate of drug-likeness (QED) is 0.426. The lowest BCUT2D eigenvalue weighted by molar-refractivity contribution is -0.117. The van der Waals surface area contributed by atoms with Crippen LogP contribution in [0.2, 0.25) is 0 Å². The fourth-order valence-electron chi connectivity index (χ4n) is 4.57. The molecular formula is C27H27N3O3. The average molecular weight is 442 g/mol. The van der Waals surface area contributed by atoms with Crippen LogP contribution in [0.3, 0.4) is 0 Å². The van der Waals surface area contributed by atoms with Crippen LogP contribution in [-0.4, -0.2) is 36.2 Å². The number of benzene rings is 3. The topological polar surface area (TPSA) is 56.6 Å². The molecule has 0 spiro atoms. The first-order valence-corrected chi connectivity index (χ1v) is 11.1. The van der Waals surface area contributed by atoms with Crippen LogP contribution in [0.5, 0.6) is 11.5 Å². The Hall–Kier alpha value is -3.80. The van der Waals surface area contributed by atoms with E-state index in [9.17, 15) is 4.79 Å². The van der Waals surface area contributed by atoms with Crippen LogP contribution in [0.4, 0.5) is 5.69 Å². The second kappa shape index (κ2) is 8.62. The maximum absolute atomic E-state index is 13.1. The first-order valence-electron chi connectivity index (χ1n) is 11.1. The van der Waals surface area contributed by atoms with Crippen LogP contribution >= 0.6 is 0 Å². The van der Waals surface area contributed by atoms with Crippen molar-refractivity contribution < 1.29 is 14.3 Å². The fourth-order valence-corrected chi connectivity index (χ4v) is 4.57. The standard InChI is InChI=1S/C27H27N3O3/c1-18-8-10-19(11-9-18)16-30-23-7-5-4-6-22(23)28-27(30)20-14-26(31)29(17-20)24-15-21(32-2)12-13-25(24)33-3/h4-13,15,20H,14,16-17H2,1-3H3/t20-/m0/s1. The number of methoxy groups -OCH3 is 2. The molecule has 1 fully saturated rings. The number of nitrogens with zero attached hydrogens (tertiary/aromatic N) is 3. The van der Waals surface area contributed by atoms with E-state index in [1.807, 2.05) is 36.4 Å². The number of aromatic nitrogens is 2. The predicted octanol–water partition coefficient (Wildman–Crippen LogP) is 4.93. The Morgan fingerprint density at radius 3 is 2.55 bits per heavy atom. The van der Waals surface area contributed by atoms with Crippen LogP contribution in [-0.2, 0) is 11.3 Å². The van der Waals surface area contributed by atoms with Crippen molar-refractivity contribution in [2.45, 2.75) is 25.8 Å². The van der Waals surface area contributed by atoms with Gasteiger partial charge in [-0.2, -0.15) is 0 Å². The number of fused-ring (bicyclic) bond motifs is 1. The Kier molecular flexibility index (Phi) is 5.50. The van der Waals surface area contributed by atoms with E-state index in [0.717, 1.165) is 22.5 Å². The van der Waals surface area contributed by atoms with E-state index in [-0.39, 0.29) is 11.8 Å². The van der Waals surface area contributed by atoms with Gasteiger partial charge in [0.25, 0.3) is 0 Å². The molecule has 33 heavy (non-hydrogen) atoms. The molecule has 0 radical (unpaired) electrons. The summed E-state index contributed by atoms with van der Waals surface area (Å²) in [4.78, 5) is 19.9. The first-order chi connectivity index (χ1) is 16.1. The molecule has 1 amide bonds. The molecule has 6 nitrogen and oxygen atoms in total. The molecule has 4 aromatic rings. The molecule has 0 bridgehead atoms. The van der Waals surface area contributed by atoms with Crippen molar-refractivity contribution in [3.63, 3.8) is 0 Å². The Labute approximate surface area is 193 Å². The van der Waals surface area contributed by atoms with E-state index in [2.05, 4.69) is 41.8 Å².